The Kier molecular flexibility index (Phi) is 5.96. The van der Waals surface area contributed by atoms with Crippen LogP contribution in [0.3, 0.4) is 0 Å². The van der Waals surface area contributed by atoms with E-state index in [0.29, 0.717) is 0 Å². The van der Waals surface area contributed by atoms with Crippen molar-refractivity contribution < 1.29 is 37.1 Å². The molecule has 1 heterocycles. The fourth-order valence-electron chi connectivity index (χ4n) is 1.79. The first-order chi connectivity index (χ1) is 8.13. The van der Waals surface area contributed by atoms with Gasteiger partial charge in [-0.05, 0) is 29.2 Å². The average molecular weight is 382 g/mol. The van der Waals surface area contributed by atoms with Crippen molar-refractivity contribution in [1.29, 1.82) is 0 Å². The molecule has 18 heavy (non-hydrogen) atoms. The number of hydrogen-bond acceptors (Lipinski definition) is 1. The quantitative estimate of drug-likeness (QED) is 0.696. The molecule has 1 radical (unpaired) electrons. The average Bonchev–Trinajstić information content (AvgIpc) is 2.29. The summed E-state index contributed by atoms with van der Waals surface area (Å²) in [6, 6.07) is 4.65. The van der Waals surface area contributed by atoms with E-state index >= 15 is 0 Å². The van der Waals surface area contributed by atoms with E-state index in [9.17, 15) is 4.39 Å². The molecule has 0 aliphatic carbocycles. The molecule has 0 fully saturated rings. The minimum Gasteiger partial charge on any atom is -0.376 e. The number of likely N-dealkylation sites (N-methyl/N-ethyl adjacent to an activating group) is 1. The van der Waals surface area contributed by atoms with Crippen LogP contribution in [0.2, 0.25) is 0 Å². The molecule has 0 saturated heterocycles. The largest absolute Gasteiger partial charge is 0.376 e. The van der Waals surface area contributed by atoms with E-state index in [0.717, 1.165) is 28.0 Å². The minimum atomic E-state index is -0.255. The van der Waals surface area contributed by atoms with Crippen LogP contribution in [0.25, 0.3) is 5.70 Å². The van der Waals surface area contributed by atoms with Crippen LogP contribution < -0.4 is 0 Å². The van der Waals surface area contributed by atoms with Gasteiger partial charge in [0.15, 0.2) is 0 Å². The van der Waals surface area contributed by atoms with Gasteiger partial charge in [0.25, 0.3) is 0 Å². The van der Waals surface area contributed by atoms with Crippen molar-refractivity contribution in [3.63, 3.8) is 0 Å². The molecule has 1 nitrogen and oxygen atoms in total. The van der Waals surface area contributed by atoms with Crippen LogP contribution in [0.1, 0.15) is 12.5 Å². The molecule has 1 aliphatic rings. The summed E-state index contributed by atoms with van der Waals surface area (Å²) >= 11 is 3.38. The first kappa shape index (κ1) is 15.8. The van der Waals surface area contributed by atoms with E-state index in [1.54, 1.807) is 6.07 Å². The summed E-state index contributed by atoms with van der Waals surface area (Å²) in [5.41, 5.74) is 2.74. The molecule has 1 aromatic rings. The van der Waals surface area contributed by atoms with Crippen molar-refractivity contribution in [2.45, 2.75) is 6.92 Å². The van der Waals surface area contributed by atoms with Gasteiger partial charge in [-0.2, -0.15) is 12.2 Å². The third-order valence-corrected chi connectivity index (χ3v) is 3.27. The molecule has 4 heteroatoms. The Morgan fingerprint density at radius 2 is 2.17 bits per heavy atom. The topological polar surface area (TPSA) is 3.24 Å². The van der Waals surface area contributed by atoms with Gasteiger partial charge in [0.1, 0.15) is 5.82 Å². The van der Waals surface area contributed by atoms with Crippen LogP contribution in [0.5, 0.6) is 0 Å². The minimum absolute atomic E-state index is 0. The SMILES string of the molecule is C=C1C=C[C-]=C(c2ccc(F)cc2Br)N1CC.[Y]. The van der Waals surface area contributed by atoms with Gasteiger partial charge in [-0.15, -0.1) is 12.1 Å². The molecule has 0 atom stereocenters. The summed E-state index contributed by atoms with van der Waals surface area (Å²) in [6.45, 7) is 6.82. The van der Waals surface area contributed by atoms with Crippen LogP contribution in [0, 0.1) is 11.9 Å². The number of rotatable bonds is 2. The smallest absolute Gasteiger partial charge is 0.122 e. The molecule has 1 aromatic carbocycles. The summed E-state index contributed by atoms with van der Waals surface area (Å²) in [7, 11) is 0. The summed E-state index contributed by atoms with van der Waals surface area (Å²) in [6.07, 6.45) is 6.92. The van der Waals surface area contributed by atoms with E-state index in [1.807, 2.05) is 24.0 Å². The Labute approximate surface area is 140 Å². The maximum absolute atomic E-state index is 13.1. The second-order valence-electron chi connectivity index (χ2n) is 3.69. The number of hydrogen-bond donors (Lipinski definition) is 0. The van der Waals surface area contributed by atoms with Crippen LogP contribution in [-0.4, -0.2) is 11.4 Å². The Balaban J connectivity index is 0.00000162. The standard InChI is InChI=1S/C14H12BrFN.Y/c1-3-17-10(2)5-4-6-14(17)12-8-7-11(16)9-13(12)15;/h4-5,7-9H,2-3H2,1H3;/q-1;. The Morgan fingerprint density at radius 1 is 1.44 bits per heavy atom. The first-order valence-electron chi connectivity index (χ1n) is 5.35. The van der Waals surface area contributed by atoms with Gasteiger partial charge in [-0.1, -0.05) is 33.8 Å². The van der Waals surface area contributed by atoms with Crippen molar-refractivity contribution in [2.75, 3.05) is 6.54 Å². The van der Waals surface area contributed by atoms with Gasteiger partial charge in [0.05, 0.1) is 0 Å². The second-order valence-corrected chi connectivity index (χ2v) is 4.54. The third-order valence-electron chi connectivity index (χ3n) is 2.61. The number of allylic oxidation sites excluding steroid dienone is 3. The maximum Gasteiger partial charge on any atom is 0.122 e. The van der Waals surface area contributed by atoms with E-state index in [4.69, 9.17) is 0 Å². The van der Waals surface area contributed by atoms with Crippen LogP contribution in [0.15, 0.2) is 47.1 Å². The molecule has 0 N–H and O–H groups in total. The summed E-state index contributed by atoms with van der Waals surface area (Å²) in [4.78, 5) is 2.04. The number of halogens is 2. The van der Waals surface area contributed by atoms with Gasteiger partial charge in [0, 0.05) is 39.3 Å². The van der Waals surface area contributed by atoms with E-state index < -0.39 is 0 Å². The van der Waals surface area contributed by atoms with Crippen molar-refractivity contribution in [1.82, 2.24) is 4.90 Å². The molecular weight excluding hydrogens is 370 g/mol. The number of benzene rings is 1. The maximum atomic E-state index is 13.1. The molecule has 0 aromatic heterocycles. The van der Waals surface area contributed by atoms with Crippen molar-refractivity contribution in [3.8, 4) is 0 Å². The predicted octanol–water partition coefficient (Wildman–Crippen LogP) is 4.14. The monoisotopic (exact) mass is 381 g/mol. The zero-order valence-corrected chi connectivity index (χ0v) is 14.5. The zero-order chi connectivity index (χ0) is 12.4. The van der Waals surface area contributed by atoms with Crippen molar-refractivity contribution in [2.24, 2.45) is 0 Å². The van der Waals surface area contributed by atoms with Gasteiger partial charge in [0.2, 0.25) is 0 Å². The number of nitrogens with zero attached hydrogens (tertiary/aromatic N) is 1. The molecule has 0 spiro atoms. The summed E-state index contributed by atoms with van der Waals surface area (Å²) in [5.74, 6) is -0.255. The molecule has 91 valence electrons. The Morgan fingerprint density at radius 3 is 2.78 bits per heavy atom. The van der Waals surface area contributed by atoms with Crippen LogP contribution in [0.4, 0.5) is 4.39 Å². The zero-order valence-electron chi connectivity index (χ0n) is 10.1. The Hall–Kier alpha value is -0.246. The fraction of sp³-hybridized carbons (Fsp3) is 0.143. The van der Waals surface area contributed by atoms with Crippen molar-refractivity contribution in [3.05, 3.63) is 64.6 Å². The summed E-state index contributed by atoms with van der Waals surface area (Å²) in [5, 5.41) is 0. The first-order valence-corrected chi connectivity index (χ1v) is 6.14. The fourth-order valence-corrected chi connectivity index (χ4v) is 2.33. The Bertz CT molecular complexity index is 523. The predicted molar refractivity (Wildman–Crippen MR) is 71.4 cm³/mol. The molecule has 0 saturated carbocycles. The van der Waals surface area contributed by atoms with Gasteiger partial charge in [-0.25, -0.2) is 4.39 Å². The molecule has 1 aliphatic heterocycles. The molecule has 0 bridgehead atoms. The molecule has 0 amide bonds. The molecular formula is C14H12BrFNY-. The summed E-state index contributed by atoms with van der Waals surface area (Å²) < 4.78 is 13.8. The van der Waals surface area contributed by atoms with Gasteiger partial charge in [-0.3, -0.25) is 0 Å². The van der Waals surface area contributed by atoms with E-state index in [1.165, 1.54) is 12.1 Å². The normalized spacial score (nSPS) is 14.3. The molecule has 0 unspecified atom stereocenters. The van der Waals surface area contributed by atoms with Crippen LogP contribution >= 0.6 is 15.9 Å². The second kappa shape index (κ2) is 6.79. The van der Waals surface area contributed by atoms with E-state index in [-0.39, 0.29) is 38.5 Å². The van der Waals surface area contributed by atoms with Crippen molar-refractivity contribution >= 4 is 21.6 Å². The third kappa shape index (κ3) is 3.20. The molecule has 2 rings (SSSR count). The van der Waals surface area contributed by atoms with Crippen LogP contribution in [-0.2, 0) is 32.7 Å². The van der Waals surface area contributed by atoms with Gasteiger partial charge >= 0.3 is 0 Å². The van der Waals surface area contributed by atoms with E-state index in [2.05, 4.69) is 28.6 Å². The van der Waals surface area contributed by atoms with Gasteiger partial charge < -0.3 is 4.90 Å².